The van der Waals surface area contributed by atoms with Gasteiger partial charge in [0.25, 0.3) is 0 Å². The van der Waals surface area contributed by atoms with E-state index >= 15 is 0 Å². The number of benzene rings is 3. The third-order valence-corrected chi connectivity index (χ3v) is 4.30. The lowest BCUT2D eigenvalue weighted by atomic mass is 9.96. The molecule has 4 rings (SSSR count). The molecule has 0 bridgehead atoms. The molecule has 0 saturated heterocycles. The first-order valence-corrected chi connectivity index (χ1v) is 8.26. The fraction of sp³-hybridized carbons (Fsp3) is 0. The number of hydrogen-bond donors (Lipinski definition) is 1. The zero-order chi connectivity index (χ0) is 18.8. The van der Waals surface area contributed by atoms with Gasteiger partial charge in [-0.05, 0) is 35.9 Å². The maximum Gasteiger partial charge on any atom is 0.159 e. The van der Waals surface area contributed by atoms with Crippen molar-refractivity contribution in [3.63, 3.8) is 0 Å². The SMILES string of the molecule is N#Cc1cccc2c(Nc3ccccc3)ncc(-c3ccc(F)c(F)c3)c12. The first kappa shape index (κ1) is 16.7. The van der Waals surface area contributed by atoms with Crippen LogP contribution in [-0.4, -0.2) is 4.98 Å². The fourth-order valence-electron chi connectivity index (χ4n) is 3.04. The zero-order valence-electron chi connectivity index (χ0n) is 14.1. The molecular weight excluding hydrogens is 344 g/mol. The Kier molecular flexibility index (Phi) is 4.23. The summed E-state index contributed by atoms with van der Waals surface area (Å²) in [6, 6.07) is 20.7. The van der Waals surface area contributed by atoms with E-state index in [1.165, 1.54) is 6.07 Å². The Balaban J connectivity index is 1.95. The number of nitrogens with one attached hydrogen (secondary N) is 1. The summed E-state index contributed by atoms with van der Waals surface area (Å²) in [6.45, 7) is 0. The Morgan fingerprint density at radius 3 is 2.44 bits per heavy atom. The molecule has 0 aliphatic heterocycles. The van der Waals surface area contributed by atoms with E-state index in [2.05, 4.69) is 16.4 Å². The van der Waals surface area contributed by atoms with Crippen molar-refractivity contribution in [1.82, 2.24) is 4.98 Å². The molecule has 1 aromatic heterocycles. The fourth-order valence-corrected chi connectivity index (χ4v) is 3.04. The van der Waals surface area contributed by atoms with Crippen LogP contribution < -0.4 is 5.32 Å². The second-order valence-electron chi connectivity index (χ2n) is 5.98. The monoisotopic (exact) mass is 357 g/mol. The number of nitrogens with zero attached hydrogens (tertiary/aromatic N) is 2. The molecule has 0 unspecified atom stereocenters. The number of aromatic nitrogens is 1. The molecule has 27 heavy (non-hydrogen) atoms. The van der Waals surface area contributed by atoms with Gasteiger partial charge in [-0.2, -0.15) is 5.26 Å². The number of fused-ring (bicyclic) bond motifs is 1. The van der Waals surface area contributed by atoms with Crippen LogP contribution in [0.2, 0.25) is 0 Å². The Hall–Kier alpha value is -3.78. The van der Waals surface area contributed by atoms with Crippen LogP contribution in [0, 0.1) is 23.0 Å². The minimum atomic E-state index is -0.943. The number of anilines is 2. The summed E-state index contributed by atoms with van der Waals surface area (Å²) < 4.78 is 27.1. The van der Waals surface area contributed by atoms with E-state index in [-0.39, 0.29) is 0 Å². The summed E-state index contributed by atoms with van der Waals surface area (Å²) in [4.78, 5) is 4.47. The standard InChI is InChI=1S/C22H13F2N3/c23-19-10-9-14(11-20(19)24)18-13-26-22(27-16-6-2-1-3-7-16)17-8-4-5-15(12-25)21(17)18/h1-11,13H,(H,26,27). The highest BCUT2D eigenvalue weighted by Gasteiger charge is 2.14. The molecule has 0 amide bonds. The number of rotatable bonds is 3. The molecule has 0 spiro atoms. The van der Waals surface area contributed by atoms with Crippen LogP contribution in [0.4, 0.5) is 20.3 Å². The molecule has 3 nitrogen and oxygen atoms in total. The quantitative estimate of drug-likeness (QED) is 0.504. The highest BCUT2D eigenvalue weighted by Crippen LogP contribution is 2.35. The van der Waals surface area contributed by atoms with Crippen molar-refractivity contribution in [2.24, 2.45) is 0 Å². The highest BCUT2D eigenvalue weighted by molar-refractivity contribution is 6.05. The topological polar surface area (TPSA) is 48.7 Å². The summed E-state index contributed by atoms with van der Waals surface area (Å²) >= 11 is 0. The molecule has 130 valence electrons. The Bertz CT molecular complexity index is 1180. The van der Waals surface area contributed by atoms with Gasteiger partial charge in [0.1, 0.15) is 5.82 Å². The Morgan fingerprint density at radius 1 is 0.889 bits per heavy atom. The second-order valence-corrected chi connectivity index (χ2v) is 5.98. The van der Waals surface area contributed by atoms with Gasteiger partial charge in [-0.25, -0.2) is 13.8 Å². The summed E-state index contributed by atoms with van der Waals surface area (Å²) in [5, 5.41) is 14.2. The molecule has 1 heterocycles. The van der Waals surface area contributed by atoms with Gasteiger partial charge in [0, 0.05) is 28.2 Å². The number of para-hydroxylation sites is 1. The van der Waals surface area contributed by atoms with Gasteiger partial charge in [-0.15, -0.1) is 0 Å². The van der Waals surface area contributed by atoms with Crippen molar-refractivity contribution in [2.45, 2.75) is 0 Å². The lowest BCUT2D eigenvalue weighted by Crippen LogP contribution is -1.97. The minimum Gasteiger partial charge on any atom is -0.340 e. The van der Waals surface area contributed by atoms with Crippen molar-refractivity contribution in [2.75, 3.05) is 5.32 Å². The predicted molar refractivity (Wildman–Crippen MR) is 102 cm³/mol. The molecule has 3 aromatic carbocycles. The van der Waals surface area contributed by atoms with E-state index < -0.39 is 11.6 Å². The van der Waals surface area contributed by atoms with E-state index in [4.69, 9.17) is 0 Å². The zero-order valence-corrected chi connectivity index (χ0v) is 14.1. The number of hydrogen-bond acceptors (Lipinski definition) is 3. The third kappa shape index (κ3) is 3.09. The molecule has 0 radical (unpaired) electrons. The maximum absolute atomic E-state index is 13.7. The summed E-state index contributed by atoms with van der Waals surface area (Å²) in [7, 11) is 0. The average Bonchev–Trinajstić information content (AvgIpc) is 2.71. The van der Waals surface area contributed by atoms with E-state index in [1.54, 1.807) is 18.3 Å². The smallest absolute Gasteiger partial charge is 0.159 e. The van der Waals surface area contributed by atoms with Crippen molar-refractivity contribution in [3.8, 4) is 17.2 Å². The molecule has 0 fully saturated rings. The first-order valence-electron chi connectivity index (χ1n) is 8.26. The van der Waals surface area contributed by atoms with Crippen molar-refractivity contribution < 1.29 is 8.78 Å². The Labute approximate surface area is 154 Å². The molecule has 0 atom stereocenters. The lowest BCUT2D eigenvalue weighted by molar-refractivity contribution is 0.509. The van der Waals surface area contributed by atoms with Crippen LogP contribution in [0.25, 0.3) is 21.9 Å². The van der Waals surface area contributed by atoms with Crippen LogP contribution in [0.3, 0.4) is 0 Å². The molecule has 0 aliphatic rings. The van der Waals surface area contributed by atoms with E-state index in [0.717, 1.165) is 23.2 Å². The summed E-state index contributed by atoms with van der Waals surface area (Å²) in [5.41, 5.74) is 2.32. The molecule has 4 aromatic rings. The normalized spacial score (nSPS) is 10.6. The molecule has 0 saturated carbocycles. The van der Waals surface area contributed by atoms with Gasteiger partial charge in [-0.1, -0.05) is 36.4 Å². The van der Waals surface area contributed by atoms with Crippen molar-refractivity contribution in [1.29, 1.82) is 5.26 Å². The van der Waals surface area contributed by atoms with Gasteiger partial charge in [0.05, 0.1) is 11.6 Å². The van der Waals surface area contributed by atoms with E-state index in [9.17, 15) is 14.0 Å². The third-order valence-electron chi connectivity index (χ3n) is 4.30. The van der Waals surface area contributed by atoms with Crippen LogP contribution in [-0.2, 0) is 0 Å². The maximum atomic E-state index is 13.7. The number of nitriles is 1. The summed E-state index contributed by atoms with van der Waals surface area (Å²) in [5.74, 6) is -1.28. The molecule has 1 N–H and O–H groups in total. The minimum absolute atomic E-state index is 0.436. The van der Waals surface area contributed by atoms with Crippen LogP contribution in [0.5, 0.6) is 0 Å². The second kappa shape index (κ2) is 6.85. The molecular formula is C22H13F2N3. The number of pyridine rings is 1. The van der Waals surface area contributed by atoms with Crippen molar-refractivity contribution in [3.05, 3.63) is 90.1 Å². The van der Waals surface area contributed by atoms with Crippen LogP contribution in [0.1, 0.15) is 5.56 Å². The summed E-state index contributed by atoms with van der Waals surface area (Å²) in [6.07, 6.45) is 1.57. The average molecular weight is 357 g/mol. The van der Waals surface area contributed by atoms with Gasteiger partial charge in [0.15, 0.2) is 11.6 Å². The van der Waals surface area contributed by atoms with Crippen molar-refractivity contribution >= 4 is 22.3 Å². The van der Waals surface area contributed by atoms with Gasteiger partial charge >= 0.3 is 0 Å². The molecule has 0 aliphatic carbocycles. The van der Waals surface area contributed by atoms with Gasteiger partial charge in [-0.3, -0.25) is 0 Å². The number of halogens is 2. The Morgan fingerprint density at radius 2 is 1.70 bits per heavy atom. The lowest BCUT2D eigenvalue weighted by Gasteiger charge is -2.13. The largest absolute Gasteiger partial charge is 0.340 e. The highest BCUT2D eigenvalue weighted by atomic mass is 19.2. The van der Waals surface area contributed by atoms with Crippen LogP contribution >= 0.6 is 0 Å². The van der Waals surface area contributed by atoms with E-state index in [0.29, 0.717) is 27.9 Å². The van der Waals surface area contributed by atoms with Gasteiger partial charge in [0.2, 0.25) is 0 Å². The predicted octanol–water partition coefficient (Wildman–Crippen LogP) is 5.80. The molecule has 5 heteroatoms. The van der Waals surface area contributed by atoms with E-state index in [1.807, 2.05) is 36.4 Å². The van der Waals surface area contributed by atoms with Gasteiger partial charge < -0.3 is 5.32 Å². The first-order chi connectivity index (χ1) is 13.2. The van der Waals surface area contributed by atoms with Crippen LogP contribution in [0.15, 0.2) is 72.9 Å².